The first-order chi connectivity index (χ1) is 12.3. The predicted molar refractivity (Wildman–Crippen MR) is 119 cm³/mol. The molecule has 3 heterocycles. The van der Waals surface area contributed by atoms with Crippen LogP contribution < -0.4 is 11.1 Å². The SMILES string of the molecule is I.NC(=NCC1(N2CCOCC2)CCSC1)NCCCN1CCOCC1. The van der Waals surface area contributed by atoms with Crippen molar-refractivity contribution in [2.75, 3.05) is 83.7 Å². The maximum Gasteiger partial charge on any atom is 0.188 e. The van der Waals surface area contributed by atoms with Crippen molar-refractivity contribution in [1.82, 2.24) is 15.1 Å². The molecule has 3 saturated heterocycles. The second kappa shape index (κ2) is 11.9. The van der Waals surface area contributed by atoms with Crippen LogP contribution in [0, 0.1) is 0 Å². The standard InChI is InChI=1S/C17H33N5O2S.HI/c18-16(19-3-1-4-21-5-9-23-10-6-21)20-14-17(2-13-25-15-17)22-7-11-24-12-8-22;/h1-15H2,(H3,18,19,20);1H. The van der Waals surface area contributed by atoms with E-state index in [1.165, 1.54) is 12.2 Å². The summed E-state index contributed by atoms with van der Waals surface area (Å²) >= 11 is 2.03. The summed E-state index contributed by atoms with van der Waals surface area (Å²) in [6.45, 7) is 10.3. The molecule has 1 unspecified atom stereocenters. The fourth-order valence-corrected chi connectivity index (χ4v) is 5.21. The number of guanidine groups is 1. The fraction of sp³-hybridized carbons (Fsp3) is 0.941. The number of hydrogen-bond donors (Lipinski definition) is 2. The molecule has 0 amide bonds. The van der Waals surface area contributed by atoms with Crippen LogP contribution in [0.3, 0.4) is 0 Å². The summed E-state index contributed by atoms with van der Waals surface area (Å²) in [5, 5.41) is 3.29. The molecule has 3 aliphatic rings. The number of hydrogen-bond acceptors (Lipinski definition) is 6. The van der Waals surface area contributed by atoms with Crippen molar-refractivity contribution in [2.45, 2.75) is 18.4 Å². The molecular formula is C17H34IN5O2S. The largest absolute Gasteiger partial charge is 0.379 e. The van der Waals surface area contributed by atoms with E-state index in [-0.39, 0.29) is 29.5 Å². The van der Waals surface area contributed by atoms with Crippen LogP contribution >= 0.6 is 35.7 Å². The Morgan fingerprint density at radius 2 is 1.81 bits per heavy atom. The molecule has 0 radical (unpaired) electrons. The number of nitrogens with one attached hydrogen (secondary N) is 1. The summed E-state index contributed by atoms with van der Waals surface area (Å²) in [6.07, 6.45) is 2.28. The molecule has 7 nitrogen and oxygen atoms in total. The normalized spacial score (nSPS) is 28.7. The number of morpholine rings is 2. The van der Waals surface area contributed by atoms with Crippen molar-refractivity contribution in [1.29, 1.82) is 0 Å². The number of rotatable bonds is 7. The lowest BCUT2D eigenvalue weighted by atomic mass is 9.96. The molecule has 152 valence electrons. The van der Waals surface area contributed by atoms with E-state index in [0.717, 1.165) is 84.4 Å². The fourth-order valence-electron chi connectivity index (χ4n) is 3.74. The predicted octanol–water partition coefficient (Wildman–Crippen LogP) is 0.439. The quantitative estimate of drug-likeness (QED) is 0.228. The lowest BCUT2D eigenvalue weighted by molar-refractivity contribution is -0.0104. The van der Waals surface area contributed by atoms with Crippen molar-refractivity contribution in [2.24, 2.45) is 10.7 Å². The molecule has 0 aromatic carbocycles. The van der Waals surface area contributed by atoms with Gasteiger partial charge in [-0.15, -0.1) is 24.0 Å². The number of nitrogens with two attached hydrogens (primary N) is 1. The molecule has 0 aromatic heterocycles. The summed E-state index contributed by atoms with van der Waals surface area (Å²) in [5.74, 6) is 2.96. The number of halogens is 1. The number of ether oxygens (including phenoxy) is 2. The molecule has 0 bridgehead atoms. The zero-order valence-corrected chi connectivity index (χ0v) is 18.8. The highest BCUT2D eigenvalue weighted by molar-refractivity contribution is 14.0. The van der Waals surface area contributed by atoms with Crippen LogP contribution in [-0.2, 0) is 9.47 Å². The van der Waals surface area contributed by atoms with Gasteiger partial charge in [0.05, 0.1) is 38.5 Å². The highest BCUT2D eigenvalue weighted by Gasteiger charge is 2.40. The van der Waals surface area contributed by atoms with Gasteiger partial charge in [0.2, 0.25) is 0 Å². The maximum absolute atomic E-state index is 6.11. The van der Waals surface area contributed by atoms with Gasteiger partial charge in [-0.2, -0.15) is 11.8 Å². The average molecular weight is 499 g/mol. The number of aliphatic imine (C=N–C) groups is 1. The van der Waals surface area contributed by atoms with Crippen molar-refractivity contribution < 1.29 is 9.47 Å². The van der Waals surface area contributed by atoms with Gasteiger partial charge < -0.3 is 20.5 Å². The lowest BCUT2D eigenvalue weighted by Crippen LogP contribution is -2.56. The van der Waals surface area contributed by atoms with Crippen LogP contribution in [0.5, 0.6) is 0 Å². The first kappa shape index (κ1) is 22.5. The van der Waals surface area contributed by atoms with Crippen molar-refractivity contribution >= 4 is 41.7 Å². The highest BCUT2D eigenvalue weighted by Crippen LogP contribution is 2.34. The Morgan fingerprint density at radius 3 is 2.46 bits per heavy atom. The van der Waals surface area contributed by atoms with E-state index in [9.17, 15) is 0 Å². The van der Waals surface area contributed by atoms with Gasteiger partial charge in [-0.05, 0) is 25.1 Å². The molecule has 3 rings (SSSR count). The Balaban J connectivity index is 0.00000243. The Hall–Kier alpha value is 0.190. The van der Waals surface area contributed by atoms with Crippen LogP contribution in [0.15, 0.2) is 4.99 Å². The average Bonchev–Trinajstić information content (AvgIpc) is 3.15. The molecule has 26 heavy (non-hydrogen) atoms. The Bertz CT molecular complexity index is 425. The minimum absolute atomic E-state index is 0. The summed E-state index contributed by atoms with van der Waals surface area (Å²) in [5.41, 5.74) is 6.29. The summed E-state index contributed by atoms with van der Waals surface area (Å²) in [4.78, 5) is 9.71. The van der Waals surface area contributed by atoms with Crippen molar-refractivity contribution in [3.63, 3.8) is 0 Å². The molecule has 3 aliphatic heterocycles. The van der Waals surface area contributed by atoms with Crippen molar-refractivity contribution in [3.05, 3.63) is 0 Å². The first-order valence-electron chi connectivity index (χ1n) is 9.53. The van der Waals surface area contributed by atoms with Gasteiger partial charge in [-0.1, -0.05) is 0 Å². The van der Waals surface area contributed by atoms with Crippen LogP contribution in [0.2, 0.25) is 0 Å². The van der Waals surface area contributed by atoms with Gasteiger partial charge >= 0.3 is 0 Å². The van der Waals surface area contributed by atoms with Crippen LogP contribution in [0.4, 0.5) is 0 Å². The molecule has 0 aliphatic carbocycles. The Kier molecular flexibility index (Phi) is 10.3. The third-order valence-corrected chi connectivity index (χ3v) is 6.60. The molecule has 0 saturated carbocycles. The number of thioether (sulfide) groups is 1. The van der Waals surface area contributed by atoms with E-state index >= 15 is 0 Å². The van der Waals surface area contributed by atoms with Gasteiger partial charge in [-0.25, -0.2) is 0 Å². The summed E-state index contributed by atoms with van der Waals surface area (Å²) in [7, 11) is 0. The van der Waals surface area contributed by atoms with Crippen molar-refractivity contribution in [3.8, 4) is 0 Å². The second-order valence-corrected chi connectivity index (χ2v) is 8.17. The van der Waals surface area contributed by atoms with E-state index in [1.807, 2.05) is 11.8 Å². The zero-order chi connectivity index (χ0) is 17.4. The maximum atomic E-state index is 6.11. The van der Waals surface area contributed by atoms with Crippen LogP contribution in [0.25, 0.3) is 0 Å². The van der Waals surface area contributed by atoms with Gasteiger partial charge in [0.1, 0.15) is 0 Å². The monoisotopic (exact) mass is 499 g/mol. The topological polar surface area (TPSA) is 75.3 Å². The minimum Gasteiger partial charge on any atom is -0.379 e. The Labute approximate surface area is 178 Å². The molecule has 0 aromatic rings. The molecule has 0 spiro atoms. The van der Waals surface area contributed by atoms with E-state index < -0.39 is 0 Å². The van der Waals surface area contributed by atoms with E-state index in [2.05, 4.69) is 15.1 Å². The minimum atomic E-state index is 0. The van der Waals surface area contributed by atoms with E-state index in [1.54, 1.807) is 0 Å². The second-order valence-electron chi connectivity index (χ2n) is 7.06. The molecule has 3 fully saturated rings. The van der Waals surface area contributed by atoms with Crippen LogP contribution in [-0.4, -0.2) is 105 Å². The number of nitrogens with zero attached hydrogens (tertiary/aromatic N) is 3. The summed E-state index contributed by atoms with van der Waals surface area (Å²) < 4.78 is 10.9. The van der Waals surface area contributed by atoms with E-state index in [4.69, 9.17) is 20.2 Å². The van der Waals surface area contributed by atoms with Gasteiger partial charge in [0, 0.05) is 38.5 Å². The van der Waals surface area contributed by atoms with Gasteiger partial charge in [-0.3, -0.25) is 14.8 Å². The molecule has 9 heteroatoms. The molecular weight excluding hydrogens is 465 g/mol. The van der Waals surface area contributed by atoms with Gasteiger partial charge in [0.25, 0.3) is 0 Å². The smallest absolute Gasteiger partial charge is 0.188 e. The highest BCUT2D eigenvalue weighted by atomic mass is 127. The van der Waals surface area contributed by atoms with E-state index in [0.29, 0.717) is 5.96 Å². The third-order valence-electron chi connectivity index (χ3n) is 5.37. The van der Waals surface area contributed by atoms with Crippen LogP contribution in [0.1, 0.15) is 12.8 Å². The van der Waals surface area contributed by atoms with Gasteiger partial charge in [0.15, 0.2) is 5.96 Å². The molecule has 1 atom stereocenters. The zero-order valence-electron chi connectivity index (χ0n) is 15.7. The Morgan fingerprint density at radius 1 is 1.12 bits per heavy atom. The molecule has 3 N–H and O–H groups in total. The summed E-state index contributed by atoms with van der Waals surface area (Å²) in [6, 6.07) is 0. The third kappa shape index (κ3) is 6.66. The first-order valence-corrected chi connectivity index (χ1v) is 10.7. The lowest BCUT2D eigenvalue weighted by Gasteiger charge is -2.42.